The molecule has 1 aromatic heterocycles. The number of fused-ring (bicyclic) bond motifs is 1. The summed E-state index contributed by atoms with van der Waals surface area (Å²) in [5, 5.41) is 1.01. The van der Waals surface area contributed by atoms with Crippen molar-refractivity contribution in [1.82, 2.24) is 9.47 Å². The Labute approximate surface area is 140 Å². The summed E-state index contributed by atoms with van der Waals surface area (Å²) < 4.78 is 1.60. The number of rotatable bonds is 4. The average molecular weight is 327 g/mol. The Balaban J connectivity index is 1.55. The molecule has 2 amide bonds. The summed E-state index contributed by atoms with van der Waals surface area (Å²) in [6.45, 7) is 1.07. The third kappa shape index (κ3) is 3.32. The summed E-state index contributed by atoms with van der Waals surface area (Å²) in [6, 6.07) is 9.55. The Morgan fingerprint density at radius 1 is 1.00 bits per heavy atom. The van der Waals surface area contributed by atoms with Gasteiger partial charge in [-0.15, -0.1) is 0 Å². The van der Waals surface area contributed by atoms with E-state index in [9.17, 15) is 14.4 Å². The SMILES string of the molecule is NC(=O)C1CCN(C(=O)CCC(=O)n2ccc3ccccc32)CC1. The van der Waals surface area contributed by atoms with Gasteiger partial charge in [0, 0.05) is 43.4 Å². The minimum atomic E-state index is -0.295. The molecule has 24 heavy (non-hydrogen) atoms. The maximum absolute atomic E-state index is 12.4. The highest BCUT2D eigenvalue weighted by molar-refractivity contribution is 5.94. The second kappa shape index (κ2) is 6.86. The van der Waals surface area contributed by atoms with Crippen LogP contribution in [0.1, 0.15) is 30.5 Å². The number of carbonyl (C=O) groups is 3. The second-order valence-electron chi connectivity index (χ2n) is 6.20. The molecule has 0 spiro atoms. The molecular formula is C18H21N3O3. The van der Waals surface area contributed by atoms with Gasteiger partial charge in [0.05, 0.1) is 5.52 Å². The van der Waals surface area contributed by atoms with Crippen LogP contribution >= 0.6 is 0 Å². The van der Waals surface area contributed by atoms with Crippen LogP contribution in [-0.4, -0.2) is 40.3 Å². The lowest BCUT2D eigenvalue weighted by molar-refractivity contribution is -0.134. The molecule has 1 aromatic carbocycles. The van der Waals surface area contributed by atoms with Gasteiger partial charge in [-0.3, -0.25) is 19.0 Å². The zero-order chi connectivity index (χ0) is 17.1. The van der Waals surface area contributed by atoms with Gasteiger partial charge in [0.25, 0.3) is 0 Å². The number of primary amides is 1. The fraction of sp³-hybridized carbons (Fsp3) is 0.389. The summed E-state index contributed by atoms with van der Waals surface area (Å²) in [7, 11) is 0. The second-order valence-corrected chi connectivity index (χ2v) is 6.20. The molecule has 0 aliphatic carbocycles. The van der Waals surface area contributed by atoms with Crippen molar-refractivity contribution in [2.75, 3.05) is 13.1 Å². The smallest absolute Gasteiger partial charge is 0.231 e. The molecular weight excluding hydrogens is 306 g/mol. The van der Waals surface area contributed by atoms with Crippen LogP contribution in [0.4, 0.5) is 0 Å². The quantitative estimate of drug-likeness (QED) is 0.929. The number of likely N-dealkylation sites (tertiary alicyclic amines) is 1. The molecule has 6 heteroatoms. The van der Waals surface area contributed by atoms with Gasteiger partial charge in [0.15, 0.2) is 0 Å². The number of nitrogens with two attached hydrogens (primary N) is 1. The van der Waals surface area contributed by atoms with Gasteiger partial charge >= 0.3 is 0 Å². The molecule has 0 atom stereocenters. The number of hydrogen-bond acceptors (Lipinski definition) is 3. The van der Waals surface area contributed by atoms with Crippen molar-refractivity contribution in [3.8, 4) is 0 Å². The Bertz CT molecular complexity index is 773. The fourth-order valence-electron chi connectivity index (χ4n) is 3.21. The largest absolute Gasteiger partial charge is 0.369 e. The first kappa shape index (κ1) is 16.2. The van der Waals surface area contributed by atoms with Gasteiger partial charge in [0.1, 0.15) is 0 Å². The highest BCUT2D eigenvalue weighted by Gasteiger charge is 2.26. The van der Waals surface area contributed by atoms with Gasteiger partial charge in [0.2, 0.25) is 17.7 Å². The van der Waals surface area contributed by atoms with Crippen LogP contribution in [0.3, 0.4) is 0 Å². The van der Waals surface area contributed by atoms with Gasteiger partial charge in [-0.1, -0.05) is 18.2 Å². The first-order chi connectivity index (χ1) is 11.6. The number of benzene rings is 1. The molecule has 2 aromatic rings. The zero-order valence-corrected chi connectivity index (χ0v) is 13.5. The third-order valence-corrected chi connectivity index (χ3v) is 4.67. The van der Waals surface area contributed by atoms with E-state index >= 15 is 0 Å². The lowest BCUT2D eigenvalue weighted by atomic mass is 9.96. The Hall–Kier alpha value is -2.63. The summed E-state index contributed by atoms with van der Waals surface area (Å²) >= 11 is 0. The van der Waals surface area contributed by atoms with Crippen LogP contribution in [-0.2, 0) is 9.59 Å². The number of piperidine rings is 1. The van der Waals surface area contributed by atoms with Gasteiger partial charge in [-0.2, -0.15) is 0 Å². The molecule has 3 rings (SSSR count). The highest BCUT2D eigenvalue weighted by Crippen LogP contribution is 2.19. The van der Waals surface area contributed by atoms with E-state index in [0.717, 1.165) is 10.9 Å². The summed E-state index contributed by atoms with van der Waals surface area (Å²) in [5.41, 5.74) is 6.16. The molecule has 0 bridgehead atoms. The van der Waals surface area contributed by atoms with E-state index in [0.29, 0.717) is 25.9 Å². The number of nitrogens with zero attached hydrogens (tertiary/aromatic N) is 2. The van der Waals surface area contributed by atoms with E-state index in [2.05, 4.69) is 0 Å². The molecule has 1 aliphatic rings. The first-order valence-electron chi connectivity index (χ1n) is 8.22. The van der Waals surface area contributed by atoms with Crippen molar-refractivity contribution < 1.29 is 14.4 Å². The van der Waals surface area contributed by atoms with E-state index in [1.807, 2.05) is 30.3 Å². The van der Waals surface area contributed by atoms with E-state index in [1.165, 1.54) is 0 Å². The van der Waals surface area contributed by atoms with Crippen molar-refractivity contribution in [1.29, 1.82) is 0 Å². The maximum Gasteiger partial charge on any atom is 0.231 e. The summed E-state index contributed by atoms with van der Waals surface area (Å²) in [5.74, 6) is -0.557. The molecule has 0 radical (unpaired) electrons. The van der Waals surface area contributed by atoms with Crippen molar-refractivity contribution in [2.45, 2.75) is 25.7 Å². The van der Waals surface area contributed by atoms with Crippen molar-refractivity contribution in [2.24, 2.45) is 11.7 Å². The summed E-state index contributed by atoms with van der Waals surface area (Å²) in [6.07, 6.45) is 3.32. The van der Waals surface area contributed by atoms with Crippen LogP contribution in [0.2, 0.25) is 0 Å². The maximum atomic E-state index is 12.4. The predicted octanol–water partition coefficient (Wildman–Crippen LogP) is 1.79. The number of carbonyl (C=O) groups excluding carboxylic acids is 3. The molecule has 1 aliphatic heterocycles. The average Bonchev–Trinajstić information content (AvgIpc) is 3.03. The van der Waals surface area contributed by atoms with Crippen molar-refractivity contribution in [3.63, 3.8) is 0 Å². The van der Waals surface area contributed by atoms with E-state index in [-0.39, 0.29) is 36.5 Å². The molecule has 6 nitrogen and oxygen atoms in total. The molecule has 126 valence electrons. The Morgan fingerprint density at radius 2 is 1.67 bits per heavy atom. The fourth-order valence-corrected chi connectivity index (χ4v) is 3.21. The Morgan fingerprint density at radius 3 is 2.38 bits per heavy atom. The standard InChI is InChI=1S/C18H21N3O3/c19-18(24)14-7-10-20(11-8-14)16(22)5-6-17(23)21-12-9-13-3-1-2-4-15(13)21/h1-4,9,12,14H,5-8,10-11H2,(H2,19,24). The van der Waals surface area contributed by atoms with Crippen LogP contribution < -0.4 is 5.73 Å². The zero-order valence-electron chi connectivity index (χ0n) is 13.5. The molecule has 0 saturated carbocycles. The number of hydrogen-bond donors (Lipinski definition) is 1. The third-order valence-electron chi connectivity index (χ3n) is 4.67. The number of amides is 2. The number of aromatic nitrogens is 1. The molecule has 1 saturated heterocycles. The minimum Gasteiger partial charge on any atom is -0.369 e. The predicted molar refractivity (Wildman–Crippen MR) is 90.3 cm³/mol. The van der Waals surface area contributed by atoms with Crippen LogP contribution in [0.25, 0.3) is 10.9 Å². The first-order valence-corrected chi connectivity index (χ1v) is 8.22. The lowest BCUT2D eigenvalue weighted by Crippen LogP contribution is -2.41. The van der Waals surface area contributed by atoms with Gasteiger partial charge < -0.3 is 10.6 Å². The summed E-state index contributed by atoms with van der Waals surface area (Å²) in [4.78, 5) is 37.5. The van der Waals surface area contributed by atoms with Crippen LogP contribution in [0.15, 0.2) is 36.5 Å². The normalized spacial score (nSPS) is 15.6. The minimum absolute atomic E-state index is 0.0391. The lowest BCUT2D eigenvalue weighted by Gasteiger charge is -2.30. The highest BCUT2D eigenvalue weighted by atomic mass is 16.2. The van der Waals surface area contributed by atoms with Gasteiger partial charge in [-0.25, -0.2) is 0 Å². The van der Waals surface area contributed by atoms with E-state index < -0.39 is 0 Å². The molecule has 2 N–H and O–H groups in total. The van der Waals surface area contributed by atoms with Crippen molar-refractivity contribution >= 4 is 28.6 Å². The molecule has 1 fully saturated rings. The van der Waals surface area contributed by atoms with Crippen LogP contribution in [0.5, 0.6) is 0 Å². The van der Waals surface area contributed by atoms with Gasteiger partial charge in [-0.05, 0) is 25.0 Å². The van der Waals surface area contributed by atoms with Crippen LogP contribution in [0, 0.1) is 5.92 Å². The monoisotopic (exact) mass is 327 g/mol. The van der Waals surface area contributed by atoms with E-state index in [4.69, 9.17) is 5.73 Å². The Kier molecular flexibility index (Phi) is 4.64. The topological polar surface area (TPSA) is 85.4 Å². The van der Waals surface area contributed by atoms with Crippen molar-refractivity contribution in [3.05, 3.63) is 36.5 Å². The number of para-hydroxylation sites is 1. The molecule has 0 unspecified atom stereocenters. The molecule has 2 heterocycles. The van der Waals surface area contributed by atoms with E-state index in [1.54, 1.807) is 15.7 Å².